The summed E-state index contributed by atoms with van der Waals surface area (Å²) in [6.07, 6.45) is -5.66. The highest BCUT2D eigenvalue weighted by molar-refractivity contribution is 7.95. The van der Waals surface area contributed by atoms with Gasteiger partial charge in [-0.25, -0.2) is 8.37 Å². The average Bonchev–Trinajstić information content (AvgIpc) is 2.38. The monoisotopic (exact) mass is 353 g/mol. The van der Waals surface area contributed by atoms with Crippen LogP contribution in [0.15, 0.2) is 0 Å². The highest BCUT2D eigenvalue weighted by atomic mass is 32.3. The molecule has 0 aromatic carbocycles. The van der Waals surface area contributed by atoms with Crippen LogP contribution in [0.3, 0.4) is 0 Å². The zero-order valence-corrected chi connectivity index (χ0v) is 11.5. The molecule has 0 bridgehead atoms. The Hall–Kier alpha value is -0.750. The van der Waals surface area contributed by atoms with Crippen molar-refractivity contribution in [2.75, 3.05) is 6.61 Å². The van der Waals surface area contributed by atoms with Crippen LogP contribution in [0.4, 0.5) is 0 Å². The molecule has 0 amide bonds. The summed E-state index contributed by atoms with van der Waals surface area (Å²) in [5.41, 5.74) is 1.58. The van der Waals surface area contributed by atoms with Gasteiger partial charge in [0.05, 0.1) is 6.61 Å². The lowest BCUT2D eigenvalue weighted by atomic mass is 9.95. The molecule has 1 aliphatic rings. The minimum atomic E-state index is -5.56. The maximum atomic E-state index is 11.2. The van der Waals surface area contributed by atoms with Gasteiger partial charge in [0.2, 0.25) is 0 Å². The van der Waals surface area contributed by atoms with Gasteiger partial charge in [0, 0.05) is 0 Å². The van der Waals surface area contributed by atoms with Gasteiger partial charge in [-0.3, -0.25) is 10.5 Å². The van der Waals surface area contributed by atoms with Crippen LogP contribution in [-0.4, -0.2) is 73.9 Å². The van der Waals surface area contributed by atoms with Crippen molar-refractivity contribution in [1.82, 2.24) is 0 Å². The van der Waals surface area contributed by atoms with Crippen molar-refractivity contribution in [3.63, 3.8) is 0 Å². The fourth-order valence-corrected chi connectivity index (χ4v) is 3.40. The molecule has 0 aromatic heterocycles. The first kappa shape index (κ1) is 18.3. The van der Waals surface area contributed by atoms with E-state index in [1.165, 1.54) is 0 Å². The van der Waals surface area contributed by atoms with Crippen molar-refractivity contribution in [1.29, 1.82) is 0 Å². The van der Waals surface area contributed by atoms with Gasteiger partial charge in [-0.15, -0.1) is 3.63 Å². The van der Waals surface area contributed by atoms with Gasteiger partial charge in [-0.05, 0) is 0 Å². The molecular formula is C6H11NO12S2. The van der Waals surface area contributed by atoms with E-state index >= 15 is 0 Å². The fraction of sp³-hybridized carbons (Fsp3) is 0.833. The number of aliphatic hydroxyl groups excluding tert-OH is 3. The average molecular weight is 353 g/mol. The first-order valence-corrected chi connectivity index (χ1v) is 7.56. The second-order valence-electron chi connectivity index (χ2n) is 3.85. The summed E-state index contributed by atoms with van der Waals surface area (Å²) in [6, 6.07) is 0. The first-order valence-electron chi connectivity index (χ1n) is 4.89. The number of rotatable bonds is 4. The Morgan fingerprint density at radius 1 is 1.14 bits per heavy atom. The third-order valence-corrected chi connectivity index (χ3v) is 4.59. The van der Waals surface area contributed by atoms with Crippen molar-refractivity contribution in [2.45, 2.75) is 23.7 Å². The number of aliphatic hydroxyl groups is 4. The highest BCUT2D eigenvalue weighted by Gasteiger charge is 2.65. The summed E-state index contributed by atoms with van der Waals surface area (Å²) >= 11 is 0. The molecule has 6 N–H and O–H groups in total. The van der Waals surface area contributed by atoms with Crippen LogP contribution < -0.4 is 5.73 Å². The Morgan fingerprint density at radius 2 is 1.62 bits per heavy atom. The molecule has 124 valence electrons. The summed E-state index contributed by atoms with van der Waals surface area (Å²) in [7, 11) is -11.0. The number of aldehydes is 1. The van der Waals surface area contributed by atoms with Crippen LogP contribution in [0.5, 0.6) is 0 Å². The Balaban J connectivity index is 3.54. The number of hydrogen-bond acceptors (Lipinski definition) is 13. The molecule has 21 heavy (non-hydrogen) atoms. The summed E-state index contributed by atoms with van der Waals surface area (Å²) < 4.78 is 55.9. The predicted octanol–water partition coefficient (Wildman–Crippen LogP) is -5.20. The van der Waals surface area contributed by atoms with Crippen LogP contribution in [0, 0.1) is 0 Å². The fourth-order valence-electron chi connectivity index (χ4n) is 1.32. The number of hydrogen-bond donors (Lipinski definition) is 5. The summed E-state index contributed by atoms with van der Waals surface area (Å²) in [4.78, 5) is 10.9. The zero-order chi connectivity index (χ0) is 16.7. The third kappa shape index (κ3) is 3.37. The molecule has 15 heteroatoms. The van der Waals surface area contributed by atoms with Crippen LogP contribution in [-0.2, 0) is 37.6 Å². The molecule has 0 spiro atoms. The molecule has 4 atom stereocenters. The largest absolute Gasteiger partial charge is 0.419 e. The van der Waals surface area contributed by atoms with Gasteiger partial charge >= 0.3 is 20.8 Å². The van der Waals surface area contributed by atoms with Gasteiger partial charge in [0.15, 0.2) is 6.29 Å². The molecule has 1 aliphatic heterocycles. The molecule has 0 saturated carbocycles. The lowest BCUT2D eigenvalue weighted by Crippen LogP contribution is -2.72. The molecular weight excluding hydrogens is 342 g/mol. The highest BCUT2D eigenvalue weighted by Crippen LogP contribution is 2.34. The van der Waals surface area contributed by atoms with Crippen LogP contribution in [0.25, 0.3) is 0 Å². The Labute approximate surface area is 118 Å². The molecule has 0 aromatic rings. The molecule has 1 heterocycles. The van der Waals surface area contributed by atoms with Crippen molar-refractivity contribution in [2.24, 2.45) is 5.73 Å². The third-order valence-electron chi connectivity index (χ3n) is 2.32. The molecule has 0 radical (unpaired) electrons. The second-order valence-corrected chi connectivity index (χ2v) is 6.36. The van der Waals surface area contributed by atoms with Gasteiger partial charge in [-0.2, -0.15) is 16.8 Å². The van der Waals surface area contributed by atoms with Gasteiger partial charge in [-0.1, -0.05) is 0 Å². The normalized spacial score (nSPS) is 38.1. The summed E-state index contributed by atoms with van der Waals surface area (Å²) in [6.45, 7) is -1.24. The lowest BCUT2D eigenvalue weighted by Gasteiger charge is -2.39. The van der Waals surface area contributed by atoms with Gasteiger partial charge < -0.3 is 20.4 Å². The second kappa shape index (κ2) is 5.47. The van der Waals surface area contributed by atoms with E-state index in [0.717, 1.165) is 0 Å². The van der Waals surface area contributed by atoms with E-state index in [-0.39, 0.29) is 0 Å². The maximum absolute atomic E-state index is 11.2. The quantitative estimate of drug-likeness (QED) is 0.298. The van der Waals surface area contributed by atoms with Crippen LogP contribution >= 0.6 is 0 Å². The van der Waals surface area contributed by atoms with Crippen LogP contribution in [0.1, 0.15) is 0 Å². The molecule has 1 fully saturated rings. The standard InChI is InChI=1S/C6H11NO12S2/c7-5(2-9)6(12,4(11)3(10)1-8)18-21(15,16)19-20(13,14)17-5/h2-4,8,10-12H,1,7H2/t3-,4+,5-,6-/m1/s1. The minimum absolute atomic E-state index is 0.609. The van der Waals surface area contributed by atoms with E-state index in [2.05, 4.69) is 12.0 Å². The van der Waals surface area contributed by atoms with E-state index in [0.29, 0.717) is 0 Å². The number of carbonyl (C=O) groups is 1. The van der Waals surface area contributed by atoms with E-state index < -0.39 is 57.4 Å². The van der Waals surface area contributed by atoms with Crippen molar-refractivity contribution in [3.8, 4) is 0 Å². The minimum Gasteiger partial charge on any atom is -0.394 e. The lowest BCUT2D eigenvalue weighted by molar-refractivity contribution is -0.290. The SMILES string of the molecule is N[C@]1(C=O)OS(=O)(=O)OS(=O)(=O)O[C@]1(O)[C@@H](O)[C@H](O)CO. The van der Waals surface area contributed by atoms with Crippen molar-refractivity contribution >= 4 is 27.1 Å². The summed E-state index contributed by atoms with van der Waals surface area (Å²) in [5, 5.41) is 37.4. The molecule has 0 aliphatic carbocycles. The topological polar surface area (TPSA) is 220 Å². The Bertz CT molecular complexity index is 614. The Kier molecular flexibility index (Phi) is 4.76. The van der Waals surface area contributed by atoms with Gasteiger partial charge in [0.25, 0.3) is 11.5 Å². The smallest absolute Gasteiger partial charge is 0.394 e. The van der Waals surface area contributed by atoms with E-state index in [4.69, 9.17) is 10.8 Å². The van der Waals surface area contributed by atoms with Gasteiger partial charge in [0.1, 0.15) is 12.2 Å². The van der Waals surface area contributed by atoms with Crippen molar-refractivity contribution < 1.29 is 54.1 Å². The Morgan fingerprint density at radius 3 is 2.05 bits per heavy atom. The molecule has 1 saturated heterocycles. The van der Waals surface area contributed by atoms with Crippen LogP contribution in [0.2, 0.25) is 0 Å². The first-order chi connectivity index (χ1) is 9.32. The van der Waals surface area contributed by atoms with E-state index in [1.54, 1.807) is 0 Å². The van der Waals surface area contributed by atoms with E-state index in [1.807, 2.05) is 0 Å². The maximum Gasteiger partial charge on any atom is 0.419 e. The van der Waals surface area contributed by atoms with Crippen molar-refractivity contribution in [3.05, 3.63) is 0 Å². The predicted molar refractivity (Wildman–Crippen MR) is 58.1 cm³/mol. The number of carbonyl (C=O) groups excluding carboxylic acids is 1. The van der Waals surface area contributed by atoms with E-state index in [9.17, 15) is 36.9 Å². The summed E-state index contributed by atoms with van der Waals surface area (Å²) in [5.74, 6) is -3.82. The molecule has 0 unspecified atom stereocenters. The zero-order valence-electron chi connectivity index (χ0n) is 9.89. The number of nitrogens with two attached hydrogens (primary N) is 1. The molecule has 1 rings (SSSR count). The molecule has 13 nitrogen and oxygen atoms in total.